The van der Waals surface area contributed by atoms with Gasteiger partial charge in [-0.25, -0.2) is 4.98 Å². The summed E-state index contributed by atoms with van der Waals surface area (Å²) in [7, 11) is 3.65. The first-order valence-electron chi connectivity index (χ1n) is 6.42. The van der Waals surface area contributed by atoms with E-state index in [0.29, 0.717) is 22.6 Å². The number of nitrogen functional groups attached to an aromatic ring is 1. The van der Waals surface area contributed by atoms with Gasteiger partial charge in [-0.1, -0.05) is 0 Å². The van der Waals surface area contributed by atoms with E-state index in [2.05, 4.69) is 9.97 Å². The molecule has 0 spiro atoms. The zero-order chi connectivity index (χ0) is 15.0. The molecule has 0 saturated heterocycles. The van der Waals surface area contributed by atoms with E-state index in [-0.39, 0.29) is 5.91 Å². The molecule has 2 N–H and O–H groups in total. The fourth-order valence-corrected chi connectivity index (χ4v) is 3.19. The van der Waals surface area contributed by atoms with Crippen molar-refractivity contribution < 1.29 is 4.79 Å². The van der Waals surface area contributed by atoms with Crippen molar-refractivity contribution in [1.82, 2.24) is 19.4 Å². The van der Waals surface area contributed by atoms with E-state index in [1.165, 1.54) is 11.3 Å². The van der Waals surface area contributed by atoms with Crippen molar-refractivity contribution in [3.8, 4) is 0 Å². The molecule has 3 heterocycles. The summed E-state index contributed by atoms with van der Waals surface area (Å²) >= 11 is 1.37. The van der Waals surface area contributed by atoms with E-state index in [1.54, 1.807) is 24.3 Å². The molecular formula is C14H15N5OS. The van der Waals surface area contributed by atoms with Crippen molar-refractivity contribution in [2.75, 3.05) is 12.8 Å². The largest absolute Gasteiger partial charge is 0.396 e. The molecule has 3 aromatic heterocycles. The second-order valence-corrected chi connectivity index (χ2v) is 5.86. The highest BCUT2D eigenvalue weighted by atomic mass is 32.1. The van der Waals surface area contributed by atoms with Crippen LogP contribution in [0.25, 0.3) is 10.2 Å². The Balaban J connectivity index is 1.89. The molecule has 0 unspecified atom stereocenters. The maximum atomic E-state index is 12.6. The first-order valence-corrected chi connectivity index (χ1v) is 7.24. The standard InChI is InChI=1S/C14H15N5OS/c1-18-7-6-16-10(18)8-19(2)14(20)13-11(15)12-9(21-13)4-3-5-17-12/h3-7H,8,15H2,1-2H3. The van der Waals surface area contributed by atoms with Crippen molar-refractivity contribution in [3.05, 3.63) is 41.4 Å². The summed E-state index contributed by atoms with van der Waals surface area (Å²) in [6.45, 7) is 0.434. The van der Waals surface area contributed by atoms with Crippen molar-refractivity contribution in [2.45, 2.75) is 6.54 Å². The molecule has 6 nitrogen and oxygen atoms in total. The van der Waals surface area contributed by atoms with Crippen LogP contribution in [-0.4, -0.2) is 32.4 Å². The third-order valence-corrected chi connectivity index (χ3v) is 4.47. The second kappa shape index (κ2) is 5.17. The van der Waals surface area contributed by atoms with Crippen LogP contribution in [0.2, 0.25) is 0 Å². The number of fused-ring (bicyclic) bond motifs is 1. The number of carbonyl (C=O) groups excluding carboxylic acids is 1. The lowest BCUT2D eigenvalue weighted by Crippen LogP contribution is -2.27. The molecule has 0 radical (unpaired) electrons. The number of rotatable bonds is 3. The van der Waals surface area contributed by atoms with Gasteiger partial charge in [0.25, 0.3) is 5.91 Å². The molecule has 0 atom stereocenters. The first kappa shape index (κ1) is 13.6. The van der Waals surface area contributed by atoms with Gasteiger partial charge in [-0.15, -0.1) is 11.3 Å². The summed E-state index contributed by atoms with van der Waals surface area (Å²) in [6, 6.07) is 3.75. The predicted molar refractivity (Wildman–Crippen MR) is 83.0 cm³/mol. The minimum atomic E-state index is -0.112. The van der Waals surface area contributed by atoms with Gasteiger partial charge in [-0.2, -0.15) is 0 Å². The Morgan fingerprint density at radius 2 is 2.24 bits per heavy atom. The van der Waals surface area contributed by atoms with Crippen molar-refractivity contribution in [2.24, 2.45) is 7.05 Å². The van der Waals surface area contributed by atoms with Crippen LogP contribution in [0.1, 0.15) is 15.5 Å². The Hall–Kier alpha value is -2.41. The average Bonchev–Trinajstić information content (AvgIpc) is 3.03. The summed E-state index contributed by atoms with van der Waals surface area (Å²) in [5.41, 5.74) is 7.20. The van der Waals surface area contributed by atoms with E-state index in [0.717, 1.165) is 10.5 Å². The molecule has 3 aromatic rings. The van der Waals surface area contributed by atoms with Crippen LogP contribution in [0.5, 0.6) is 0 Å². The van der Waals surface area contributed by atoms with E-state index in [9.17, 15) is 4.79 Å². The predicted octanol–water partition coefficient (Wildman–Crippen LogP) is 1.88. The highest BCUT2D eigenvalue weighted by Crippen LogP contribution is 2.32. The number of hydrogen-bond acceptors (Lipinski definition) is 5. The number of amides is 1. The van der Waals surface area contributed by atoms with Gasteiger partial charge in [0.1, 0.15) is 16.2 Å². The number of thiophene rings is 1. The van der Waals surface area contributed by atoms with Crippen LogP contribution in [0.3, 0.4) is 0 Å². The van der Waals surface area contributed by atoms with E-state index in [4.69, 9.17) is 5.73 Å². The Morgan fingerprint density at radius 1 is 1.43 bits per heavy atom. The maximum absolute atomic E-state index is 12.6. The Labute approximate surface area is 125 Å². The fourth-order valence-electron chi connectivity index (χ4n) is 2.11. The summed E-state index contributed by atoms with van der Waals surface area (Å²) in [5, 5.41) is 0. The van der Waals surface area contributed by atoms with Crippen molar-refractivity contribution in [3.63, 3.8) is 0 Å². The number of carbonyl (C=O) groups is 1. The number of aromatic nitrogens is 3. The molecule has 0 aliphatic rings. The molecule has 0 aromatic carbocycles. The maximum Gasteiger partial charge on any atom is 0.266 e. The van der Waals surface area contributed by atoms with Gasteiger partial charge in [0.15, 0.2) is 0 Å². The lowest BCUT2D eigenvalue weighted by molar-refractivity contribution is 0.0786. The van der Waals surface area contributed by atoms with Gasteiger partial charge >= 0.3 is 0 Å². The summed E-state index contributed by atoms with van der Waals surface area (Å²) in [4.78, 5) is 23.2. The zero-order valence-electron chi connectivity index (χ0n) is 11.8. The summed E-state index contributed by atoms with van der Waals surface area (Å²) in [5.74, 6) is 0.710. The molecule has 0 aliphatic carbocycles. The monoisotopic (exact) mass is 301 g/mol. The minimum Gasteiger partial charge on any atom is -0.396 e. The van der Waals surface area contributed by atoms with Crippen LogP contribution >= 0.6 is 11.3 Å². The molecule has 0 bridgehead atoms. The third-order valence-electron chi connectivity index (χ3n) is 3.32. The van der Waals surface area contributed by atoms with Crippen LogP contribution in [0.15, 0.2) is 30.7 Å². The van der Waals surface area contributed by atoms with Crippen LogP contribution in [0.4, 0.5) is 5.69 Å². The Morgan fingerprint density at radius 3 is 2.90 bits per heavy atom. The van der Waals surface area contributed by atoms with E-state index >= 15 is 0 Å². The van der Waals surface area contributed by atoms with E-state index < -0.39 is 0 Å². The fraction of sp³-hybridized carbons (Fsp3) is 0.214. The minimum absolute atomic E-state index is 0.112. The van der Waals surface area contributed by atoms with Crippen LogP contribution in [-0.2, 0) is 13.6 Å². The highest BCUT2D eigenvalue weighted by molar-refractivity contribution is 7.21. The number of anilines is 1. The molecule has 7 heteroatoms. The van der Waals surface area contributed by atoms with Crippen molar-refractivity contribution >= 4 is 33.1 Å². The Kier molecular flexibility index (Phi) is 3.34. The van der Waals surface area contributed by atoms with Gasteiger partial charge < -0.3 is 15.2 Å². The normalized spacial score (nSPS) is 11.0. The number of imidazole rings is 1. The average molecular weight is 301 g/mol. The van der Waals surface area contributed by atoms with Gasteiger partial charge in [-0.3, -0.25) is 9.78 Å². The number of hydrogen-bond donors (Lipinski definition) is 1. The Bertz CT molecular complexity index is 807. The van der Waals surface area contributed by atoms with Crippen molar-refractivity contribution in [1.29, 1.82) is 0 Å². The number of nitrogens with zero attached hydrogens (tertiary/aromatic N) is 4. The summed E-state index contributed by atoms with van der Waals surface area (Å²) in [6.07, 6.45) is 5.24. The number of pyridine rings is 1. The molecule has 0 saturated carbocycles. The van der Waals surface area contributed by atoms with Gasteiger partial charge in [-0.05, 0) is 12.1 Å². The van der Waals surface area contributed by atoms with Gasteiger partial charge in [0, 0.05) is 32.7 Å². The lowest BCUT2D eigenvalue weighted by atomic mass is 10.3. The first-order chi connectivity index (χ1) is 10.1. The smallest absolute Gasteiger partial charge is 0.266 e. The van der Waals surface area contributed by atoms with Crippen LogP contribution in [0, 0.1) is 0 Å². The molecule has 0 aliphatic heterocycles. The quantitative estimate of drug-likeness (QED) is 0.801. The zero-order valence-corrected chi connectivity index (χ0v) is 12.6. The lowest BCUT2D eigenvalue weighted by Gasteiger charge is -2.16. The molecule has 1 amide bonds. The van der Waals surface area contributed by atoms with E-state index in [1.807, 2.05) is 29.9 Å². The summed E-state index contributed by atoms with van der Waals surface area (Å²) < 4.78 is 2.81. The molecular weight excluding hydrogens is 286 g/mol. The molecule has 108 valence electrons. The SMILES string of the molecule is CN(Cc1nccn1C)C(=O)c1sc2cccnc2c1N. The topological polar surface area (TPSA) is 77.0 Å². The molecule has 3 rings (SSSR count). The highest BCUT2D eigenvalue weighted by Gasteiger charge is 2.21. The third kappa shape index (κ3) is 2.36. The molecule has 21 heavy (non-hydrogen) atoms. The van der Waals surface area contributed by atoms with Gasteiger partial charge in [0.05, 0.1) is 16.9 Å². The second-order valence-electron chi connectivity index (χ2n) is 4.81. The van der Waals surface area contributed by atoms with Gasteiger partial charge in [0.2, 0.25) is 0 Å². The number of nitrogens with two attached hydrogens (primary N) is 1. The van der Waals surface area contributed by atoms with Crippen LogP contribution < -0.4 is 5.73 Å². The number of aryl methyl sites for hydroxylation is 1. The molecule has 0 fully saturated rings.